The van der Waals surface area contributed by atoms with Gasteiger partial charge in [0.15, 0.2) is 0 Å². The van der Waals surface area contributed by atoms with Gasteiger partial charge in [0.1, 0.15) is 5.75 Å². The van der Waals surface area contributed by atoms with Crippen molar-refractivity contribution in [2.24, 2.45) is 0 Å². The van der Waals surface area contributed by atoms with Gasteiger partial charge in [0.05, 0.1) is 12.6 Å². The van der Waals surface area contributed by atoms with E-state index >= 15 is 0 Å². The highest BCUT2D eigenvalue weighted by molar-refractivity contribution is 5.96. The molecule has 116 valence electrons. The van der Waals surface area contributed by atoms with Crippen molar-refractivity contribution in [2.45, 2.75) is 19.4 Å². The molecule has 1 aromatic carbocycles. The highest BCUT2D eigenvalue weighted by Crippen LogP contribution is 2.08. The first kappa shape index (κ1) is 17.0. The van der Waals surface area contributed by atoms with Gasteiger partial charge in [-0.2, -0.15) is 0 Å². The van der Waals surface area contributed by atoms with Crippen molar-refractivity contribution in [2.75, 3.05) is 27.2 Å². The lowest BCUT2D eigenvalue weighted by Gasteiger charge is -2.23. The van der Waals surface area contributed by atoms with E-state index in [2.05, 4.69) is 10.6 Å². The minimum Gasteiger partial charge on any atom is -0.494 e. The minimum atomic E-state index is -0.493. The normalized spacial score (nSPS) is 11.8. The third-order valence-electron chi connectivity index (χ3n) is 3.17. The second-order valence-corrected chi connectivity index (χ2v) is 4.74. The third-order valence-corrected chi connectivity index (χ3v) is 3.17. The fourth-order valence-corrected chi connectivity index (χ4v) is 1.69. The number of benzene rings is 1. The lowest BCUT2D eigenvalue weighted by molar-refractivity contribution is -0.124. The summed E-state index contributed by atoms with van der Waals surface area (Å²) in [6, 6.07) is 8.73. The summed E-state index contributed by atoms with van der Waals surface area (Å²) in [7, 11) is 3.31. The molecule has 0 fully saturated rings. The van der Waals surface area contributed by atoms with Crippen LogP contribution >= 0.6 is 0 Å². The Balaban J connectivity index is 2.24. The molecule has 0 aromatic heterocycles. The van der Waals surface area contributed by atoms with E-state index in [-0.39, 0.29) is 11.9 Å². The molecule has 0 heterocycles. The average molecular weight is 293 g/mol. The van der Waals surface area contributed by atoms with Crippen LogP contribution in [0.15, 0.2) is 30.3 Å². The maximum atomic E-state index is 11.8. The predicted octanol–water partition coefficient (Wildman–Crippen LogP) is 1.23. The van der Waals surface area contributed by atoms with Gasteiger partial charge in [-0.25, -0.2) is 4.79 Å². The molecule has 0 aliphatic heterocycles. The first-order valence-corrected chi connectivity index (χ1v) is 6.95. The number of carbonyl (C=O) groups is 2. The van der Waals surface area contributed by atoms with Gasteiger partial charge >= 0.3 is 6.03 Å². The molecule has 0 radical (unpaired) electrons. The third kappa shape index (κ3) is 6.27. The van der Waals surface area contributed by atoms with E-state index in [0.717, 1.165) is 12.2 Å². The van der Waals surface area contributed by atoms with Gasteiger partial charge in [0.25, 0.3) is 0 Å². The summed E-state index contributed by atoms with van der Waals surface area (Å²) in [6.07, 6.45) is 0.795. The molecule has 1 aromatic rings. The maximum Gasteiger partial charge on any atom is 0.321 e. The summed E-state index contributed by atoms with van der Waals surface area (Å²) in [6.45, 7) is 3.05. The number of imide groups is 1. The Hall–Kier alpha value is -2.08. The smallest absolute Gasteiger partial charge is 0.321 e. The van der Waals surface area contributed by atoms with Crippen LogP contribution in [0.25, 0.3) is 0 Å². The van der Waals surface area contributed by atoms with Gasteiger partial charge in [-0.3, -0.25) is 15.0 Å². The average Bonchev–Trinajstić information content (AvgIpc) is 2.51. The van der Waals surface area contributed by atoms with E-state index in [1.165, 1.54) is 7.05 Å². The van der Waals surface area contributed by atoms with Gasteiger partial charge in [-0.05, 0) is 32.5 Å². The Labute approximate surface area is 125 Å². The molecule has 6 heteroatoms. The Morgan fingerprint density at radius 1 is 1.29 bits per heavy atom. The fourth-order valence-electron chi connectivity index (χ4n) is 1.69. The number of amides is 3. The van der Waals surface area contributed by atoms with E-state index in [1.54, 1.807) is 6.92 Å². The number of para-hydroxylation sites is 1. The quantitative estimate of drug-likeness (QED) is 0.742. The predicted molar refractivity (Wildman–Crippen MR) is 81.2 cm³/mol. The standard InChI is InChI=1S/C15H23N3O3/c1-12(14(19)17-15(20)16-2)18(3)10-7-11-21-13-8-5-4-6-9-13/h4-6,8-9,12H,7,10-11H2,1-3H3,(H2,16,17,19,20). The van der Waals surface area contributed by atoms with E-state index in [9.17, 15) is 9.59 Å². The number of likely N-dealkylation sites (N-methyl/N-ethyl adjacent to an activating group) is 1. The molecule has 2 N–H and O–H groups in total. The van der Waals surface area contributed by atoms with Crippen LogP contribution in [0.1, 0.15) is 13.3 Å². The van der Waals surface area contributed by atoms with Crippen molar-refractivity contribution in [1.82, 2.24) is 15.5 Å². The zero-order valence-electron chi connectivity index (χ0n) is 12.8. The Morgan fingerprint density at radius 3 is 2.57 bits per heavy atom. The van der Waals surface area contributed by atoms with Crippen LogP contribution in [-0.2, 0) is 4.79 Å². The van der Waals surface area contributed by atoms with Gasteiger partial charge in [0.2, 0.25) is 5.91 Å². The van der Waals surface area contributed by atoms with Crippen molar-refractivity contribution in [3.8, 4) is 5.75 Å². The minimum absolute atomic E-state index is 0.319. The molecular formula is C15H23N3O3. The first-order chi connectivity index (χ1) is 10.0. The van der Waals surface area contributed by atoms with Crippen LogP contribution in [-0.4, -0.2) is 50.1 Å². The first-order valence-electron chi connectivity index (χ1n) is 6.95. The lowest BCUT2D eigenvalue weighted by Crippen LogP contribution is -2.48. The summed E-state index contributed by atoms with van der Waals surface area (Å²) in [5.74, 6) is 0.520. The number of nitrogens with one attached hydrogen (secondary N) is 2. The van der Waals surface area contributed by atoms with Crippen molar-refractivity contribution >= 4 is 11.9 Å². The molecule has 0 saturated heterocycles. The van der Waals surface area contributed by atoms with Crippen LogP contribution in [0.4, 0.5) is 4.79 Å². The summed E-state index contributed by atoms with van der Waals surface area (Å²) < 4.78 is 5.59. The summed E-state index contributed by atoms with van der Waals surface area (Å²) >= 11 is 0. The molecule has 0 saturated carbocycles. The van der Waals surface area contributed by atoms with Crippen molar-refractivity contribution in [1.29, 1.82) is 0 Å². The monoisotopic (exact) mass is 293 g/mol. The van der Waals surface area contributed by atoms with E-state index in [1.807, 2.05) is 42.3 Å². The Kier molecular flexibility index (Phi) is 7.25. The van der Waals surface area contributed by atoms with Crippen LogP contribution in [0.5, 0.6) is 5.75 Å². The number of ether oxygens (including phenoxy) is 1. The van der Waals surface area contributed by atoms with Crippen LogP contribution in [0.2, 0.25) is 0 Å². The molecule has 0 aliphatic rings. The van der Waals surface area contributed by atoms with Crippen LogP contribution < -0.4 is 15.4 Å². The summed E-state index contributed by atoms with van der Waals surface area (Å²) in [5.41, 5.74) is 0. The highest BCUT2D eigenvalue weighted by atomic mass is 16.5. The summed E-state index contributed by atoms with van der Waals surface area (Å²) in [4.78, 5) is 24.7. The molecule has 0 aliphatic carbocycles. The number of nitrogens with zero attached hydrogens (tertiary/aromatic N) is 1. The molecule has 6 nitrogen and oxygen atoms in total. The largest absolute Gasteiger partial charge is 0.494 e. The van der Waals surface area contributed by atoms with Crippen molar-refractivity contribution in [3.63, 3.8) is 0 Å². The van der Waals surface area contributed by atoms with Crippen molar-refractivity contribution < 1.29 is 14.3 Å². The van der Waals surface area contributed by atoms with E-state index in [4.69, 9.17) is 4.74 Å². The van der Waals surface area contributed by atoms with E-state index in [0.29, 0.717) is 13.2 Å². The zero-order valence-corrected chi connectivity index (χ0v) is 12.8. The van der Waals surface area contributed by atoms with Gasteiger partial charge in [-0.15, -0.1) is 0 Å². The number of carbonyl (C=O) groups excluding carboxylic acids is 2. The zero-order chi connectivity index (χ0) is 15.7. The molecule has 1 rings (SSSR count). The molecule has 3 amide bonds. The SMILES string of the molecule is CNC(=O)NC(=O)C(C)N(C)CCCOc1ccccc1. The Morgan fingerprint density at radius 2 is 1.95 bits per heavy atom. The Bertz CT molecular complexity index is 451. The number of urea groups is 1. The van der Waals surface area contributed by atoms with Gasteiger partial charge in [-0.1, -0.05) is 18.2 Å². The topological polar surface area (TPSA) is 70.7 Å². The van der Waals surface area contributed by atoms with Gasteiger partial charge in [0, 0.05) is 13.6 Å². The number of hydrogen-bond acceptors (Lipinski definition) is 4. The van der Waals surface area contributed by atoms with Gasteiger partial charge < -0.3 is 10.1 Å². The second kappa shape index (κ2) is 8.97. The fraction of sp³-hybridized carbons (Fsp3) is 0.467. The molecule has 0 bridgehead atoms. The highest BCUT2D eigenvalue weighted by Gasteiger charge is 2.19. The van der Waals surface area contributed by atoms with Crippen LogP contribution in [0.3, 0.4) is 0 Å². The number of rotatable bonds is 7. The van der Waals surface area contributed by atoms with Crippen LogP contribution in [0, 0.1) is 0 Å². The molecule has 21 heavy (non-hydrogen) atoms. The molecule has 1 unspecified atom stereocenters. The molecular weight excluding hydrogens is 270 g/mol. The van der Waals surface area contributed by atoms with E-state index < -0.39 is 6.03 Å². The molecule has 0 spiro atoms. The molecule has 1 atom stereocenters. The maximum absolute atomic E-state index is 11.8. The van der Waals surface area contributed by atoms with Crippen molar-refractivity contribution in [3.05, 3.63) is 30.3 Å². The summed E-state index contributed by atoms with van der Waals surface area (Å²) in [5, 5.41) is 4.62. The lowest BCUT2D eigenvalue weighted by atomic mass is 10.2. The second-order valence-electron chi connectivity index (χ2n) is 4.74. The number of hydrogen-bond donors (Lipinski definition) is 2.